The molecule has 0 atom stereocenters. The van der Waals surface area contributed by atoms with Gasteiger partial charge >= 0.3 is 0 Å². The smallest absolute Gasteiger partial charge is 0.127 e. The van der Waals surface area contributed by atoms with Gasteiger partial charge in [0.25, 0.3) is 0 Å². The zero-order valence-electron chi connectivity index (χ0n) is 12.4. The first-order valence-corrected chi connectivity index (χ1v) is 7.26. The molecule has 0 N–H and O–H groups in total. The molecule has 110 valence electrons. The molecule has 3 rings (SSSR count). The van der Waals surface area contributed by atoms with Crippen molar-refractivity contribution in [3.8, 4) is 16.9 Å². The Bertz CT molecular complexity index is 745. The molecule has 0 spiro atoms. The van der Waals surface area contributed by atoms with Gasteiger partial charge in [-0.1, -0.05) is 60.2 Å². The van der Waals surface area contributed by atoms with E-state index in [9.17, 15) is 4.39 Å². The molecule has 3 aromatic carbocycles. The Morgan fingerprint density at radius 2 is 1.50 bits per heavy atom. The SMILES string of the molecule is Cc1ccc(COc2ccccc2-c2ccc(F)cc2)cc1. The lowest BCUT2D eigenvalue weighted by Crippen LogP contribution is -1.97. The van der Waals surface area contributed by atoms with Crippen molar-refractivity contribution < 1.29 is 9.13 Å². The summed E-state index contributed by atoms with van der Waals surface area (Å²) in [5.74, 6) is 0.566. The molecule has 1 nitrogen and oxygen atoms in total. The topological polar surface area (TPSA) is 9.23 Å². The fourth-order valence-electron chi connectivity index (χ4n) is 2.31. The third kappa shape index (κ3) is 3.34. The standard InChI is InChI=1S/C20H17FO/c1-15-6-8-16(9-7-15)14-22-20-5-3-2-4-19(20)17-10-12-18(21)13-11-17/h2-13H,14H2,1H3. The molecule has 22 heavy (non-hydrogen) atoms. The zero-order chi connectivity index (χ0) is 15.4. The van der Waals surface area contributed by atoms with Crippen molar-refractivity contribution in [1.29, 1.82) is 0 Å². The van der Waals surface area contributed by atoms with Crippen LogP contribution in [0.5, 0.6) is 5.75 Å². The van der Waals surface area contributed by atoms with Gasteiger partial charge in [0.2, 0.25) is 0 Å². The summed E-state index contributed by atoms with van der Waals surface area (Å²) in [6, 6.07) is 22.6. The van der Waals surface area contributed by atoms with Crippen molar-refractivity contribution in [2.24, 2.45) is 0 Å². The molecular formula is C20H17FO. The molecule has 0 amide bonds. The largest absolute Gasteiger partial charge is 0.488 e. The number of benzene rings is 3. The fraction of sp³-hybridized carbons (Fsp3) is 0.100. The van der Waals surface area contributed by atoms with Crippen molar-refractivity contribution in [3.05, 3.63) is 89.7 Å². The maximum atomic E-state index is 13.1. The number of hydrogen-bond donors (Lipinski definition) is 0. The molecule has 3 aromatic rings. The van der Waals surface area contributed by atoms with Crippen LogP contribution in [0.15, 0.2) is 72.8 Å². The predicted molar refractivity (Wildman–Crippen MR) is 87.3 cm³/mol. The summed E-state index contributed by atoms with van der Waals surface area (Å²) in [4.78, 5) is 0. The van der Waals surface area contributed by atoms with E-state index >= 15 is 0 Å². The van der Waals surface area contributed by atoms with E-state index in [-0.39, 0.29) is 5.82 Å². The molecule has 0 aliphatic rings. The normalized spacial score (nSPS) is 10.5. The Morgan fingerprint density at radius 1 is 0.818 bits per heavy atom. The minimum Gasteiger partial charge on any atom is -0.488 e. The Morgan fingerprint density at radius 3 is 2.23 bits per heavy atom. The number of ether oxygens (including phenoxy) is 1. The van der Waals surface area contributed by atoms with E-state index in [0.29, 0.717) is 6.61 Å². The second-order valence-corrected chi connectivity index (χ2v) is 5.28. The Balaban J connectivity index is 1.82. The second-order valence-electron chi connectivity index (χ2n) is 5.28. The van der Waals surface area contributed by atoms with Crippen LogP contribution in [-0.2, 0) is 6.61 Å². The highest BCUT2D eigenvalue weighted by molar-refractivity contribution is 5.70. The van der Waals surface area contributed by atoms with Crippen LogP contribution < -0.4 is 4.74 Å². The molecule has 2 heteroatoms. The average molecular weight is 292 g/mol. The van der Waals surface area contributed by atoms with Crippen molar-refractivity contribution in [2.75, 3.05) is 0 Å². The van der Waals surface area contributed by atoms with E-state index < -0.39 is 0 Å². The summed E-state index contributed by atoms with van der Waals surface area (Å²) < 4.78 is 19.0. The monoisotopic (exact) mass is 292 g/mol. The van der Waals surface area contributed by atoms with Crippen molar-refractivity contribution in [1.82, 2.24) is 0 Å². The lowest BCUT2D eigenvalue weighted by atomic mass is 10.0. The molecule has 0 radical (unpaired) electrons. The third-order valence-electron chi connectivity index (χ3n) is 3.56. The molecule has 0 fully saturated rings. The van der Waals surface area contributed by atoms with Gasteiger partial charge in [-0.2, -0.15) is 0 Å². The molecule has 0 saturated heterocycles. The molecule has 0 heterocycles. The Hall–Kier alpha value is -2.61. The van der Waals surface area contributed by atoms with Gasteiger partial charge in [-0.25, -0.2) is 4.39 Å². The number of halogens is 1. The Labute approximate surface area is 130 Å². The molecule has 0 aromatic heterocycles. The second kappa shape index (κ2) is 6.44. The summed E-state index contributed by atoms with van der Waals surface area (Å²) in [5.41, 5.74) is 4.27. The molecule has 0 bridgehead atoms. The molecule has 0 unspecified atom stereocenters. The fourth-order valence-corrected chi connectivity index (χ4v) is 2.31. The first-order chi connectivity index (χ1) is 10.7. The molecule has 0 aliphatic heterocycles. The van der Waals surface area contributed by atoms with Crippen LogP contribution in [-0.4, -0.2) is 0 Å². The van der Waals surface area contributed by atoms with Crippen LogP contribution in [0.25, 0.3) is 11.1 Å². The van der Waals surface area contributed by atoms with Gasteiger partial charge in [0.15, 0.2) is 0 Å². The number of aryl methyl sites for hydroxylation is 1. The zero-order valence-corrected chi connectivity index (χ0v) is 12.4. The number of rotatable bonds is 4. The average Bonchev–Trinajstić information content (AvgIpc) is 2.55. The maximum absolute atomic E-state index is 13.1. The number of para-hydroxylation sites is 1. The van der Waals surface area contributed by atoms with Gasteiger partial charge in [0.05, 0.1) is 0 Å². The van der Waals surface area contributed by atoms with Crippen molar-refractivity contribution in [2.45, 2.75) is 13.5 Å². The van der Waals surface area contributed by atoms with Gasteiger partial charge in [-0.15, -0.1) is 0 Å². The Kier molecular flexibility index (Phi) is 4.19. The maximum Gasteiger partial charge on any atom is 0.127 e. The van der Waals surface area contributed by atoms with Crippen LogP contribution in [0.2, 0.25) is 0 Å². The lowest BCUT2D eigenvalue weighted by Gasteiger charge is -2.12. The quantitative estimate of drug-likeness (QED) is 0.627. The minimum atomic E-state index is -0.234. The third-order valence-corrected chi connectivity index (χ3v) is 3.56. The van der Waals surface area contributed by atoms with Gasteiger partial charge in [0, 0.05) is 5.56 Å². The minimum absolute atomic E-state index is 0.234. The van der Waals surface area contributed by atoms with Crippen LogP contribution in [0, 0.1) is 12.7 Å². The highest BCUT2D eigenvalue weighted by Crippen LogP contribution is 2.30. The number of hydrogen-bond acceptors (Lipinski definition) is 1. The van der Waals surface area contributed by atoms with Crippen LogP contribution in [0.4, 0.5) is 4.39 Å². The van der Waals surface area contributed by atoms with Crippen LogP contribution >= 0.6 is 0 Å². The van der Waals surface area contributed by atoms with E-state index in [1.165, 1.54) is 17.7 Å². The van der Waals surface area contributed by atoms with E-state index in [0.717, 1.165) is 22.4 Å². The summed E-state index contributed by atoms with van der Waals surface area (Å²) in [6.45, 7) is 2.58. The highest BCUT2D eigenvalue weighted by Gasteiger charge is 2.06. The van der Waals surface area contributed by atoms with Gasteiger partial charge in [-0.05, 0) is 36.2 Å². The van der Waals surface area contributed by atoms with E-state index in [1.807, 2.05) is 24.3 Å². The summed E-state index contributed by atoms with van der Waals surface area (Å²) >= 11 is 0. The lowest BCUT2D eigenvalue weighted by molar-refractivity contribution is 0.307. The van der Waals surface area contributed by atoms with Crippen molar-refractivity contribution in [3.63, 3.8) is 0 Å². The predicted octanol–water partition coefficient (Wildman–Crippen LogP) is 5.38. The van der Waals surface area contributed by atoms with E-state index in [1.54, 1.807) is 12.1 Å². The van der Waals surface area contributed by atoms with Gasteiger partial charge in [-0.3, -0.25) is 0 Å². The first kappa shape index (κ1) is 14.3. The molecule has 0 saturated carbocycles. The molecule has 0 aliphatic carbocycles. The van der Waals surface area contributed by atoms with Crippen molar-refractivity contribution >= 4 is 0 Å². The van der Waals surface area contributed by atoms with Crippen LogP contribution in [0.3, 0.4) is 0 Å². The van der Waals surface area contributed by atoms with Gasteiger partial charge in [0.1, 0.15) is 18.2 Å². The summed E-state index contributed by atoms with van der Waals surface area (Å²) in [5, 5.41) is 0. The van der Waals surface area contributed by atoms with Crippen LogP contribution in [0.1, 0.15) is 11.1 Å². The first-order valence-electron chi connectivity index (χ1n) is 7.26. The summed E-state index contributed by atoms with van der Waals surface area (Å²) in [7, 11) is 0. The molecular weight excluding hydrogens is 275 g/mol. The van der Waals surface area contributed by atoms with E-state index in [2.05, 4.69) is 31.2 Å². The van der Waals surface area contributed by atoms with Gasteiger partial charge < -0.3 is 4.74 Å². The van der Waals surface area contributed by atoms with E-state index in [4.69, 9.17) is 4.74 Å². The highest BCUT2D eigenvalue weighted by atomic mass is 19.1. The summed E-state index contributed by atoms with van der Waals surface area (Å²) in [6.07, 6.45) is 0.